The summed E-state index contributed by atoms with van der Waals surface area (Å²) in [6.45, 7) is 1.90. The zero-order valence-electron chi connectivity index (χ0n) is 10.5. The van der Waals surface area contributed by atoms with Gasteiger partial charge in [0.15, 0.2) is 0 Å². The lowest BCUT2D eigenvalue weighted by atomic mass is 10.1. The van der Waals surface area contributed by atoms with Crippen LogP contribution in [0.3, 0.4) is 0 Å². The molecule has 1 saturated heterocycles. The number of nitrogens with zero attached hydrogens (tertiary/aromatic N) is 1. The van der Waals surface area contributed by atoms with E-state index in [1.807, 2.05) is 0 Å². The number of piperidine rings is 1. The molecule has 19 heavy (non-hydrogen) atoms. The number of ether oxygens (including phenoxy) is 1. The molecule has 1 heterocycles. The van der Waals surface area contributed by atoms with Crippen LogP contribution in [-0.2, 0) is 4.74 Å². The summed E-state index contributed by atoms with van der Waals surface area (Å²) in [6.07, 6.45) is 1.72. The van der Waals surface area contributed by atoms with Gasteiger partial charge in [-0.05, 0) is 38.1 Å². The Balaban J connectivity index is 0.00000180. The monoisotopic (exact) mass is 322 g/mol. The molecular formula is C13H15Cl3NO2-. The Morgan fingerprint density at radius 3 is 2.53 bits per heavy atom. The minimum Gasteiger partial charge on any atom is -1.00 e. The molecule has 0 bridgehead atoms. The summed E-state index contributed by atoms with van der Waals surface area (Å²) in [5, 5.41) is 0.844. The largest absolute Gasteiger partial charge is 1.00 e. The van der Waals surface area contributed by atoms with Crippen LogP contribution >= 0.6 is 23.2 Å². The van der Waals surface area contributed by atoms with Gasteiger partial charge in [-0.15, -0.1) is 0 Å². The number of hydrogen-bond acceptors (Lipinski definition) is 3. The quantitative estimate of drug-likeness (QED) is 0.731. The van der Waals surface area contributed by atoms with E-state index in [-0.39, 0.29) is 24.5 Å². The first-order valence-electron chi connectivity index (χ1n) is 5.91. The van der Waals surface area contributed by atoms with Crippen molar-refractivity contribution in [3.63, 3.8) is 0 Å². The highest BCUT2D eigenvalue weighted by Gasteiger charge is 2.22. The maximum absolute atomic E-state index is 12.0. The second kappa shape index (κ2) is 7.34. The van der Waals surface area contributed by atoms with Gasteiger partial charge in [-0.25, -0.2) is 4.79 Å². The molecule has 0 aromatic heterocycles. The van der Waals surface area contributed by atoms with Crippen molar-refractivity contribution in [2.75, 3.05) is 20.1 Å². The zero-order chi connectivity index (χ0) is 13.1. The van der Waals surface area contributed by atoms with Gasteiger partial charge in [0.2, 0.25) is 0 Å². The van der Waals surface area contributed by atoms with Crippen LogP contribution in [0.4, 0.5) is 0 Å². The Labute approximate surface area is 129 Å². The lowest BCUT2D eigenvalue weighted by Gasteiger charge is -2.28. The fourth-order valence-corrected chi connectivity index (χ4v) is 2.46. The van der Waals surface area contributed by atoms with Gasteiger partial charge in [0, 0.05) is 18.1 Å². The van der Waals surface area contributed by atoms with Crippen LogP contribution in [-0.4, -0.2) is 37.1 Å². The minimum absolute atomic E-state index is 0. The number of rotatable bonds is 2. The van der Waals surface area contributed by atoms with E-state index in [2.05, 4.69) is 11.9 Å². The molecule has 106 valence electrons. The second-order valence-corrected chi connectivity index (χ2v) is 5.38. The zero-order valence-corrected chi connectivity index (χ0v) is 12.8. The van der Waals surface area contributed by atoms with Crippen molar-refractivity contribution in [2.24, 2.45) is 0 Å². The molecule has 0 N–H and O–H groups in total. The van der Waals surface area contributed by atoms with Gasteiger partial charge >= 0.3 is 5.97 Å². The summed E-state index contributed by atoms with van der Waals surface area (Å²) in [7, 11) is 2.06. The second-order valence-electron chi connectivity index (χ2n) is 4.53. The van der Waals surface area contributed by atoms with Crippen LogP contribution < -0.4 is 12.4 Å². The molecule has 6 heteroatoms. The molecular weight excluding hydrogens is 309 g/mol. The van der Waals surface area contributed by atoms with Crippen molar-refractivity contribution in [2.45, 2.75) is 18.9 Å². The summed E-state index contributed by atoms with van der Waals surface area (Å²) in [4.78, 5) is 14.2. The highest BCUT2D eigenvalue weighted by Crippen LogP contribution is 2.23. The molecule has 1 aromatic rings. The van der Waals surface area contributed by atoms with E-state index >= 15 is 0 Å². The molecule has 0 radical (unpaired) electrons. The standard InChI is InChI=1S/C13H15Cl2NO2.ClH/c1-16-6-4-10(5-7-16)18-13(17)11-3-2-9(14)8-12(11)15;/h2-3,8,10H,4-7H2,1H3;1H/p-1. The summed E-state index contributed by atoms with van der Waals surface area (Å²) < 4.78 is 5.45. The predicted octanol–water partition coefficient (Wildman–Crippen LogP) is 0.248. The molecule has 0 spiro atoms. The third-order valence-electron chi connectivity index (χ3n) is 3.09. The van der Waals surface area contributed by atoms with Crippen LogP contribution in [0.5, 0.6) is 0 Å². The van der Waals surface area contributed by atoms with Crippen molar-refractivity contribution >= 4 is 29.2 Å². The van der Waals surface area contributed by atoms with Gasteiger partial charge in [-0.3, -0.25) is 0 Å². The van der Waals surface area contributed by atoms with Crippen LogP contribution in [0.1, 0.15) is 23.2 Å². The third-order valence-corrected chi connectivity index (χ3v) is 3.64. The Hall–Kier alpha value is -0.480. The van der Waals surface area contributed by atoms with E-state index in [9.17, 15) is 4.79 Å². The van der Waals surface area contributed by atoms with E-state index < -0.39 is 0 Å². The van der Waals surface area contributed by atoms with Crippen molar-refractivity contribution in [3.8, 4) is 0 Å². The lowest BCUT2D eigenvalue weighted by Crippen LogP contribution is -3.00. The summed E-state index contributed by atoms with van der Waals surface area (Å²) in [5.74, 6) is -0.369. The van der Waals surface area contributed by atoms with E-state index in [0.29, 0.717) is 15.6 Å². The average molecular weight is 324 g/mol. The number of benzene rings is 1. The third kappa shape index (κ3) is 4.53. The van der Waals surface area contributed by atoms with Gasteiger partial charge in [-0.1, -0.05) is 23.2 Å². The number of carbonyl (C=O) groups is 1. The molecule has 1 aliphatic rings. The van der Waals surface area contributed by atoms with Crippen LogP contribution in [0, 0.1) is 0 Å². The van der Waals surface area contributed by atoms with Gasteiger partial charge in [0.25, 0.3) is 0 Å². The molecule has 3 nitrogen and oxygen atoms in total. The number of likely N-dealkylation sites (tertiary alicyclic amines) is 1. The summed E-state index contributed by atoms with van der Waals surface area (Å²) >= 11 is 11.8. The normalized spacial score (nSPS) is 16.8. The first kappa shape index (κ1) is 16.6. The molecule has 1 aliphatic heterocycles. The maximum Gasteiger partial charge on any atom is 0.339 e. The smallest absolute Gasteiger partial charge is 0.339 e. The van der Waals surface area contributed by atoms with E-state index in [0.717, 1.165) is 25.9 Å². The van der Waals surface area contributed by atoms with Crippen molar-refractivity contribution in [3.05, 3.63) is 33.8 Å². The first-order chi connectivity index (χ1) is 8.56. The Bertz CT molecular complexity index is 446. The van der Waals surface area contributed by atoms with Crippen LogP contribution in [0.15, 0.2) is 18.2 Å². The molecule has 2 rings (SSSR count). The fourth-order valence-electron chi connectivity index (χ4n) is 1.97. The van der Waals surface area contributed by atoms with Crippen molar-refractivity contribution in [1.82, 2.24) is 4.90 Å². The predicted molar refractivity (Wildman–Crippen MR) is 72.4 cm³/mol. The number of hydrogen-bond donors (Lipinski definition) is 0. The maximum atomic E-state index is 12.0. The molecule has 1 fully saturated rings. The van der Waals surface area contributed by atoms with Gasteiger partial charge in [0.1, 0.15) is 6.10 Å². The van der Waals surface area contributed by atoms with E-state index in [4.69, 9.17) is 27.9 Å². The molecule has 0 saturated carbocycles. The lowest BCUT2D eigenvalue weighted by molar-refractivity contribution is -0.0000647. The number of esters is 1. The number of halogens is 3. The molecule has 1 aromatic carbocycles. The van der Waals surface area contributed by atoms with E-state index in [1.54, 1.807) is 18.2 Å². The topological polar surface area (TPSA) is 29.5 Å². The van der Waals surface area contributed by atoms with Crippen LogP contribution in [0.2, 0.25) is 10.0 Å². The number of carbonyl (C=O) groups excluding carboxylic acids is 1. The van der Waals surface area contributed by atoms with Gasteiger partial charge in [-0.2, -0.15) is 0 Å². The van der Waals surface area contributed by atoms with Crippen molar-refractivity contribution in [1.29, 1.82) is 0 Å². The van der Waals surface area contributed by atoms with Gasteiger partial charge in [0.05, 0.1) is 10.6 Å². The molecule has 0 unspecified atom stereocenters. The summed E-state index contributed by atoms with van der Waals surface area (Å²) in [6, 6.07) is 4.79. The summed E-state index contributed by atoms with van der Waals surface area (Å²) in [5.41, 5.74) is 0.375. The Kier molecular flexibility index (Phi) is 6.40. The van der Waals surface area contributed by atoms with Crippen molar-refractivity contribution < 1.29 is 21.9 Å². The highest BCUT2D eigenvalue weighted by atomic mass is 35.5. The Morgan fingerprint density at radius 1 is 1.32 bits per heavy atom. The SMILES string of the molecule is CN1CCC(OC(=O)c2ccc(Cl)cc2Cl)CC1.[Cl-]. The molecule has 0 atom stereocenters. The van der Waals surface area contributed by atoms with Gasteiger partial charge < -0.3 is 22.0 Å². The van der Waals surface area contributed by atoms with Crippen LogP contribution in [0.25, 0.3) is 0 Å². The average Bonchev–Trinajstić information content (AvgIpc) is 2.32. The molecule has 0 amide bonds. The Morgan fingerprint density at radius 2 is 1.95 bits per heavy atom. The molecule has 0 aliphatic carbocycles. The van der Waals surface area contributed by atoms with E-state index in [1.165, 1.54) is 0 Å². The first-order valence-corrected chi connectivity index (χ1v) is 6.66. The fraction of sp³-hybridized carbons (Fsp3) is 0.462. The highest BCUT2D eigenvalue weighted by molar-refractivity contribution is 6.36. The minimum atomic E-state index is -0.369.